The molecule has 100 valence electrons. The lowest BCUT2D eigenvalue weighted by atomic mass is 10.3. The van der Waals surface area contributed by atoms with Crippen LogP contribution in [0, 0.1) is 0 Å². The summed E-state index contributed by atoms with van der Waals surface area (Å²) in [5.74, 6) is -0.278. The van der Waals surface area contributed by atoms with Crippen molar-refractivity contribution in [3.05, 3.63) is 30.3 Å². The van der Waals surface area contributed by atoms with Gasteiger partial charge in [0, 0.05) is 18.0 Å². The molecule has 1 rings (SSSR count). The molecule has 0 radical (unpaired) electrons. The van der Waals surface area contributed by atoms with Gasteiger partial charge >= 0.3 is 0 Å². The van der Waals surface area contributed by atoms with Gasteiger partial charge < -0.3 is 10.6 Å². The maximum Gasteiger partial charge on any atom is 0.239 e. The Morgan fingerprint density at radius 3 is 2.44 bits per heavy atom. The van der Waals surface area contributed by atoms with Crippen molar-refractivity contribution in [3.63, 3.8) is 0 Å². The maximum atomic E-state index is 11.5. The highest BCUT2D eigenvalue weighted by Crippen LogP contribution is 2.03. The zero-order valence-electron chi connectivity index (χ0n) is 10.5. The first kappa shape index (κ1) is 14.5. The van der Waals surface area contributed by atoms with Crippen LogP contribution >= 0.6 is 0 Å². The van der Waals surface area contributed by atoms with E-state index in [9.17, 15) is 13.2 Å². The van der Waals surface area contributed by atoms with E-state index < -0.39 is 9.84 Å². The molecule has 1 amide bonds. The average molecular weight is 270 g/mol. The molecule has 1 unspecified atom stereocenters. The third kappa shape index (κ3) is 6.24. The molecular formula is C12H18N2O3S. The first-order chi connectivity index (χ1) is 8.37. The average Bonchev–Trinajstić information content (AvgIpc) is 2.25. The van der Waals surface area contributed by atoms with E-state index in [2.05, 4.69) is 10.6 Å². The first-order valence-corrected chi connectivity index (χ1v) is 7.69. The summed E-state index contributed by atoms with van der Waals surface area (Å²) in [7, 11) is -3.07. The van der Waals surface area contributed by atoms with Crippen LogP contribution in [-0.2, 0) is 14.6 Å². The number of sulfone groups is 1. The zero-order chi connectivity index (χ0) is 13.6. The Kier molecular flexibility index (Phi) is 5.15. The second kappa shape index (κ2) is 6.39. The van der Waals surface area contributed by atoms with Gasteiger partial charge in [0.25, 0.3) is 0 Å². The minimum Gasteiger partial charge on any atom is -0.376 e. The fourth-order valence-electron chi connectivity index (χ4n) is 1.56. The molecule has 1 atom stereocenters. The van der Waals surface area contributed by atoms with Crippen LogP contribution in [0.4, 0.5) is 5.69 Å². The molecule has 0 saturated heterocycles. The molecule has 0 bridgehead atoms. The highest BCUT2D eigenvalue weighted by molar-refractivity contribution is 7.90. The van der Waals surface area contributed by atoms with Crippen LogP contribution < -0.4 is 10.6 Å². The molecule has 0 spiro atoms. The van der Waals surface area contributed by atoms with Crippen molar-refractivity contribution in [3.8, 4) is 0 Å². The van der Waals surface area contributed by atoms with Gasteiger partial charge in [0.1, 0.15) is 9.84 Å². The van der Waals surface area contributed by atoms with E-state index in [4.69, 9.17) is 0 Å². The normalized spacial score (nSPS) is 12.8. The fourth-order valence-corrected chi connectivity index (χ4v) is 2.55. The van der Waals surface area contributed by atoms with E-state index in [1.807, 2.05) is 30.3 Å². The van der Waals surface area contributed by atoms with E-state index in [1.54, 1.807) is 6.92 Å². The minimum atomic E-state index is -3.07. The van der Waals surface area contributed by atoms with E-state index in [0.29, 0.717) is 0 Å². The molecule has 5 nitrogen and oxygen atoms in total. The van der Waals surface area contributed by atoms with Crippen molar-refractivity contribution < 1.29 is 13.2 Å². The number of para-hydroxylation sites is 1. The Balaban J connectivity index is 2.34. The lowest BCUT2D eigenvalue weighted by Gasteiger charge is -2.13. The van der Waals surface area contributed by atoms with Crippen LogP contribution in [0.5, 0.6) is 0 Å². The molecule has 6 heteroatoms. The Bertz CT molecular complexity index is 485. The SMILES string of the molecule is CC(CS(C)(=O)=O)NC(=O)CNc1ccccc1. The van der Waals surface area contributed by atoms with E-state index in [1.165, 1.54) is 0 Å². The number of amides is 1. The van der Waals surface area contributed by atoms with Crippen LogP contribution in [0.3, 0.4) is 0 Å². The van der Waals surface area contributed by atoms with Gasteiger partial charge in [-0.25, -0.2) is 8.42 Å². The van der Waals surface area contributed by atoms with Gasteiger partial charge in [-0.1, -0.05) is 18.2 Å². The Morgan fingerprint density at radius 1 is 1.28 bits per heavy atom. The van der Waals surface area contributed by atoms with Gasteiger partial charge in [-0.15, -0.1) is 0 Å². The first-order valence-electron chi connectivity index (χ1n) is 5.63. The summed E-state index contributed by atoms with van der Waals surface area (Å²) < 4.78 is 22.1. The van der Waals surface area contributed by atoms with Gasteiger partial charge in [0.05, 0.1) is 12.3 Å². The lowest BCUT2D eigenvalue weighted by molar-refractivity contribution is -0.119. The minimum absolute atomic E-state index is 0.0515. The van der Waals surface area contributed by atoms with Crippen LogP contribution in [0.1, 0.15) is 6.92 Å². The number of anilines is 1. The highest BCUT2D eigenvalue weighted by atomic mass is 32.2. The van der Waals surface area contributed by atoms with Crippen molar-refractivity contribution in [2.75, 3.05) is 23.9 Å². The quantitative estimate of drug-likeness (QED) is 0.796. The summed E-state index contributed by atoms with van der Waals surface area (Å²) >= 11 is 0. The van der Waals surface area contributed by atoms with Crippen molar-refractivity contribution >= 4 is 21.4 Å². The Morgan fingerprint density at radius 2 is 1.89 bits per heavy atom. The number of nitrogens with one attached hydrogen (secondary N) is 2. The number of rotatable bonds is 6. The molecule has 2 N–H and O–H groups in total. The molecule has 0 fully saturated rings. The molecule has 0 aliphatic heterocycles. The highest BCUT2D eigenvalue weighted by Gasteiger charge is 2.12. The van der Waals surface area contributed by atoms with Crippen molar-refractivity contribution in [1.82, 2.24) is 5.32 Å². The van der Waals surface area contributed by atoms with Crippen molar-refractivity contribution in [2.45, 2.75) is 13.0 Å². The molecule has 0 saturated carbocycles. The van der Waals surface area contributed by atoms with Gasteiger partial charge in [0.15, 0.2) is 0 Å². The van der Waals surface area contributed by atoms with Gasteiger partial charge in [-0.3, -0.25) is 4.79 Å². The van der Waals surface area contributed by atoms with Crippen LogP contribution in [-0.4, -0.2) is 38.9 Å². The Hall–Kier alpha value is -1.56. The predicted octanol–water partition coefficient (Wildman–Crippen LogP) is 0.648. The molecule has 0 heterocycles. The topological polar surface area (TPSA) is 75.3 Å². The summed E-state index contributed by atoms with van der Waals surface area (Å²) in [5.41, 5.74) is 0.850. The summed E-state index contributed by atoms with van der Waals surface area (Å²) in [5, 5.41) is 5.58. The van der Waals surface area contributed by atoms with E-state index >= 15 is 0 Å². The largest absolute Gasteiger partial charge is 0.376 e. The van der Waals surface area contributed by atoms with Crippen molar-refractivity contribution in [1.29, 1.82) is 0 Å². The van der Waals surface area contributed by atoms with Crippen molar-refractivity contribution in [2.24, 2.45) is 0 Å². The summed E-state index contributed by atoms with van der Waals surface area (Å²) in [6.45, 7) is 1.79. The molecule has 1 aromatic rings. The van der Waals surface area contributed by atoms with Crippen LogP contribution in [0.2, 0.25) is 0 Å². The van der Waals surface area contributed by atoms with Gasteiger partial charge in [-0.05, 0) is 19.1 Å². The number of benzene rings is 1. The predicted molar refractivity (Wildman–Crippen MR) is 72.2 cm³/mol. The Labute approximate surface area is 108 Å². The number of hydrogen-bond donors (Lipinski definition) is 2. The van der Waals surface area contributed by atoms with Gasteiger partial charge in [-0.2, -0.15) is 0 Å². The molecule has 0 aliphatic rings. The molecule has 1 aromatic carbocycles. The van der Waals surface area contributed by atoms with E-state index in [0.717, 1.165) is 11.9 Å². The summed E-state index contributed by atoms with van der Waals surface area (Å²) in [6.07, 6.45) is 1.15. The lowest BCUT2D eigenvalue weighted by Crippen LogP contribution is -2.40. The fraction of sp³-hybridized carbons (Fsp3) is 0.417. The van der Waals surface area contributed by atoms with Crippen LogP contribution in [0.25, 0.3) is 0 Å². The molecule has 0 aromatic heterocycles. The maximum absolute atomic E-state index is 11.5. The molecular weight excluding hydrogens is 252 g/mol. The summed E-state index contributed by atoms with van der Waals surface area (Å²) in [6, 6.07) is 8.95. The van der Waals surface area contributed by atoms with Gasteiger partial charge in [0.2, 0.25) is 5.91 Å². The summed E-state index contributed by atoms with van der Waals surface area (Å²) in [4.78, 5) is 11.5. The second-order valence-electron chi connectivity index (χ2n) is 4.28. The van der Waals surface area contributed by atoms with Crippen LogP contribution in [0.15, 0.2) is 30.3 Å². The standard InChI is InChI=1S/C12H18N2O3S/c1-10(9-18(2,16)17)14-12(15)8-13-11-6-4-3-5-7-11/h3-7,10,13H,8-9H2,1-2H3,(H,14,15). The monoisotopic (exact) mass is 270 g/mol. The number of carbonyl (C=O) groups excluding carboxylic acids is 1. The van der Waals surface area contributed by atoms with E-state index in [-0.39, 0.29) is 24.2 Å². The molecule has 0 aliphatic carbocycles. The third-order valence-electron chi connectivity index (χ3n) is 2.19. The third-order valence-corrected chi connectivity index (χ3v) is 3.29. The molecule has 18 heavy (non-hydrogen) atoms. The smallest absolute Gasteiger partial charge is 0.239 e. The number of hydrogen-bond acceptors (Lipinski definition) is 4. The zero-order valence-corrected chi connectivity index (χ0v) is 11.3. The number of carbonyl (C=O) groups is 1. The second-order valence-corrected chi connectivity index (χ2v) is 6.47.